The van der Waals surface area contributed by atoms with Gasteiger partial charge in [0.2, 0.25) is 10.0 Å². The first-order chi connectivity index (χ1) is 16.1. The molecule has 34 heavy (non-hydrogen) atoms. The minimum Gasteiger partial charge on any atom is -0.271 e. The van der Waals surface area contributed by atoms with Gasteiger partial charge in [-0.25, -0.2) is 13.1 Å². The van der Waals surface area contributed by atoms with Crippen molar-refractivity contribution < 1.29 is 18.1 Å². The molecule has 0 amide bonds. The van der Waals surface area contributed by atoms with Gasteiger partial charge in [0.15, 0.2) is 0 Å². The van der Waals surface area contributed by atoms with Crippen LogP contribution in [0.4, 0.5) is 5.69 Å². The van der Waals surface area contributed by atoms with Crippen LogP contribution in [0.1, 0.15) is 29.0 Å². The van der Waals surface area contributed by atoms with E-state index in [0.717, 1.165) is 9.79 Å². The standard InChI is InChI=1S/C22H21ClN4O5S2/c1-14-21(33-18-9-7-17(8-10-18)27(29)30)15(2)26(24-14)22(28)20-4-3-13-25(20)34(31,32)19-11-5-16(23)6-12-19/h5-12,20H,3-4,13H2,1-2H3/t20-/m1/s1. The highest BCUT2D eigenvalue weighted by atomic mass is 35.5. The van der Waals surface area contributed by atoms with E-state index < -0.39 is 26.9 Å². The number of nitrogens with zero attached hydrogens (tertiary/aromatic N) is 4. The molecule has 1 fully saturated rings. The summed E-state index contributed by atoms with van der Waals surface area (Å²) in [5, 5.41) is 15.7. The van der Waals surface area contributed by atoms with E-state index in [9.17, 15) is 23.3 Å². The Kier molecular flexibility index (Phi) is 6.81. The first-order valence-electron chi connectivity index (χ1n) is 10.4. The van der Waals surface area contributed by atoms with Crippen LogP contribution < -0.4 is 0 Å². The van der Waals surface area contributed by atoms with Crippen molar-refractivity contribution in [2.24, 2.45) is 0 Å². The quantitative estimate of drug-likeness (QED) is 0.341. The van der Waals surface area contributed by atoms with Gasteiger partial charge in [-0.15, -0.1) is 0 Å². The monoisotopic (exact) mass is 520 g/mol. The molecule has 1 saturated heterocycles. The summed E-state index contributed by atoms with van der Waals surface area (Å²) in [7, 11) is -3.88. The summed E-state index contributed by atoms with van der Waals surface area (Å²) in [4.78, 5) is 25.4. The molecular formula is C22H21ClN4O5S2. The number of hydrogen-bond acceptors (Lipinski definition) is 7. The lowest BCUT2D eigenvalue weighted by molar-refractivity contribution is -0.384. The number of benzene rings is 2. The third kappa shape index (κ3) is 4.61. The van der Waals surface area contributed by atoms with Gasteiger partial charge in [-0.2, -0.15) is 9.40 Å². The number of non-ortho nitro benzene ring substituents is 1. The van der Waals surface area contributed by atoms with Crippen molar-refractivity contribution in [2.45, 2.75) is 47.4 Å². The second kappa shape index (κ2) is 9.49. The highest BCUT2D eigenvalue weighted by molar-refractivity contribution is 7.99. The highest BCUT2D eigenvalue weighted by Gasteiger charge is 2.41. The summed E-state index contributed by atoms with van der Waals surface area (Å²) in [6, 6.07) is 11.1. The predicted octanol–water partition coefficient (Wildman–Crippen LogP) is 4.71. The number of aromatic nitrogens is 2. The summed E-state index contributed by atoms with van der Waals surface area (Å²) in [6.45, 7) is 3.76. The van der Waals surface area contributed by atoms with Crippen LogP contribution in [0.3, 0.4) is 0 Å². The van der Waals surface area contributed by atoms with Gasteiger partial charge in [0.25, 0.3) is 11.6 Å². The van der Waals surface area contributed by atoms with Gasteiger partial charge < -0.3 is 0 Å². The minimum atomic E-state index is -3.88. The SMILES string of the molecule is Cc1nn(C(=O)[C@H]2CCCN2S(=O)(=O)c2ccc(Cl)cc2)c(C)c1Sc1ccc([N+](=O)[O-])cc1. The van der Waals surface area contributed by atoms with Gasteiger partial charge in [-0.1, -0.05) is 23.4 Å². The van der Waals surface area contributed by atoms with E-state index in [1.165, 1.54) is 57.1 Å². The van der Waals surface area contributed by atoms with E-state index in [-0.39, 0.29) is 17.1 Å². The summed E-state index contributed by atoms with van der Waals surface area (Å²) in [6.07, 6.45) is 0.960. The average molecular weight is 521 g/mol. The summed E-state index contributed by atoms with van der Waals surface area (Å²) < 4.78 is 28.9. The smallest absolute Gasteiger partial charge is 0.269 e. The summed E-state index contributed by atoms with van der Waals surface area (Å²) in [5.74, 6) is -0.411. The van der Waals surface area contributed by atoms with Crippen molar-refractivity contribution in [3.63, 3.8) is 0 Å². The molecule has 1 aliphatic rings. The molecule has 4 rings (SSSR count). The number of hydrogen-bond donors (Lipinski definition) is 0. The number of nitro groups is 1. The maximum absolute atomic E-state index is 13.4. The lowest BCUT2D eigenvalue weighted by Gasteiger charge is -2.23. The van der Waals surface area contributed by atoms with Crippen molar-refractivity contribution in [1.82, 2.24) is 14.1 Å². The van der Waals surface area contributed by atoms with E-state index in [4.69, 9.17) is 11.6 Å². The molecule has 0 N–H and O–H groups in total. The lowest BCUT2D eigenvalue weighted by atomic mass is 10.2. The number of nitro benzene ring substituents is 1. The topological polar surface area (TPSA) is 115 Å². The van der Waals surface area contributed by atoms with Crippen LogP contribution >= 0.6 is 23.4 Å². The maximum atomic E-state index is 13.4. The van der Waals surface area contributed by atoms with E-state index in [0.29, 0.717) is 29.3 Å². The second-order valence-electron chi connectivity index (χ2n) is 7.83. The molecule has 12 heteroatoms. The first kappa shape index (κ1) is 24.4. The van der Waals surface area contributed by atoms with E-state index in [1.807, 2.05) is 0 Å². The first-order valence-corrected chi connectivity index (χ1v) is 13.0. The number of carbonyl (C=O) groups is 1. The van der Waals surface area contributed by atoms with Crippen molar-refractivity contribution in [2.75, 3.05) is 6.54 Å². The normalized spacial score (nSPS) is 16.6. The Morgan fingerprint density at radius 1 is 1.15 bits per heavy atom. The number of sulfonamides is 1. The highest BCUT2D eigenvalue weighted by Crippen LogP contribution is 2.35. The van der Waals surface area contributed by atoms with Gasteiger partial charge in [0.05, 0.1) is 26.1 Å². The molecule has 1 atom stereocenters. The van der Waals surface area contributed by atoms with Crippen molar-refractivity contribution >= 4 is 45.0 Å². The molecule has 0 aliphatic carbocycles. The Labute approximate surface area is 205 Å². The number of rotatable bonds is 6. The van der Waals surface area contributed by atoms with E-state index >= 15 is 0 Å². The van der Waals surface area contributed by atoms with Crippen LogP contribution in [0.2, 0.25) is 5.02 Å². The molecule has 9 nitrogen and oxygen atoms in total. The Morgan fingerprint density at radius 2 is 1.79 bits per heavy atom. The second-order valence-corrected chi connectivity index (χ2v) is 11.2. The molecule has 0 unspecified atom stereocenters. The number of carbonyl (C=O) groups excluding carboxylic acids is 1. The number of aryl methyl sites for hydroxylation is 1. The molecule has 1 aromatic heterocycles. The molecule has 0 bridgehead atoms. The third-order valence-corrected chi connectivity index (χ3v) is 9.09. The predicted molar refractivity (Wildman–Crippen MR) is 128 cm³/mol. The van der Waals surface area contributed by atoms with Crippen molar-refractivity contribution in [3.8, 4) is 0 Å². The molecule has 1 aliphatic heterocycles. The molecule has 178 valence electrons. The third-order valence-electron chi connectivity index (χ3n) is 5.61. The van der Waals surface area contributed by atoms with Crippen molar-refractivity contribution in [1.29, 1.82) is 0 Å². The van der Waals surface area contributed by atoms with Crippen LogP contribution in [0.25, 0.3) is 0 Å². The lowest BCUT2D eigenvalue weighted by Crippen LogP contribution is -2.43. The van der Waals surface area contributed by atoms with E-state index in [2.05, 4.69) is 5.10 Å². The minimum absolute atomic E-state index is 0.00751. The molecule has 0 saturated carbocycles. The van der Waals surface area contributed by atoms with Gasteiger partial charge in [-0.3, -0.25) is 14.9 Å². The van der Waals surface area contributed by atoms with Crippen LogP contribution in [-0.2, 0) is 10.0 Å². The molecule has 0 spiro atoms. The molecular weight excluding hydrogens is 500 g/mol. The average Bonchev–Trinajstić information content (AvgIpc) is 3.41. The van der Waals surface area contributed by atoms with Crippen LogP contribution in [0.15, 0.2) is 63.2 Å². The van der Waals surface area contributed by atoms with Crippen LogP contribution in [0.5, 0.6) is 0 Å². The zero-order valence-corrected chi connectivity index (χ0v) is 20.7. The Bertz CT molecular complexity index is 1360. The fourth-order valence-electron chi connectivity index (χ4n) is 3.90. The van der Waals surface area contributed by atoms with Gasteiger partial charge in [-0.05, 0) is 63.1 Å². The largest absolute Gasteiger partial charge is 0.271 e. The fourth-order valence-corrected chi connectivity index (χ4v) is 6.61. The fraction of sp³-hybridized carbons (Fsp3) is 0.273. The zero-order valence-electron chi connectivity index (χ0n) is 18.3. The molecule has 0 radical (unpaired) electrons. The Hall–Kier alpha value is -2.73. The molecule has 3 aromatic rings. The molecule has 2 heterocycles. The Balaban J connectivity index is 1.60. The van der Waals surface area contributed by atoms with Crippen molar-refractivity contribution in [3.05, 3.63) is 75.1 Å². The number of halogens is 1. The van der Waals surface area contributed by atoms with Gasteiger partial charge >= 0.3 is 0 Å². The summed E-state index contributed by atoms with van der Waals surface area (Å²) in [5.41, 5.74) is 1.19. The zero-order chi connectivity index (χ0) is 24.6. The summed E-state index contributed by atoms with van der Waals surface area (Å²) >= 11 is 7.23. The van der Waals surface area contributed by atoms with Gasteiger partial charge in [0.1, 0.15) is 6.04 Å². The Morgan fingerprint density at radius 3 is 2.41 bits per heavy atom. The van der Waals surface area contributed by atoms with Crippen LogP contribution in [-0.4, -0.2) is 45.9 Å². The maximum Gasteiger partial charge on any atom is 0.269 e. The van der Waals surface area contributed by atoms with E-state index in [1.54, 1.807) is 26.0 Å². The van der Waals surface area contributed by atoms with Crippen LogP contribution in [0, 0.1) is 24.0 Å². The molecule has 2 aromatic carbocycles. The van der Waals surface area contributed by atoms with Gasteiger partial charge in [0, 0.05) is 28.6 Å².